The van der Waals surface area contributed by atoms with E-state index in [9.17, 15) is 22.4 Å². The lowest BCUT2D eigenvalue weighted by molar-refractivity contribution is -0.145. The summed E-state index contributed by atoms with van der Waals surface area (Å²) in [6.07, 6.45) is 1.18. The van der Waals surface area contributed by atoms with Crippen LogP contribution in [0.2, 0.25) is 5.02 Å². The summed E-state index contributed by atoms with van der Waals surface area (Å²) in [4.78, 5) is 12.3. The first-order chi connectivity index (χ1) is 20.0. The molecule has 1 amide bonds. The van der Waals surface area contributed by atoms with Crippen molar-refractivity contribution in [2.45, 2.75) is 44.1 Å². The number of carbonyl (C=O) groups is 1. The maximum absolute atomic E-state index is 15.7. The molecule has 3 N–H and O–H groups in total. The smallest absolute Gasteiger partial charge is 0.387 e. The first-order valence-electron chi connectivity index (χ1n) is 12.9. The predicted molar refractivity (Wildman–Crippen MR) is 141 cm³/mol. The van der Waals surface area contributed by atoms with Crippen LogP contribution in [-0.4, -0.2) is 38.3 Å². The Kier molecular flexibility index (Phi) is 8.58. The summed E-state index contributed by atoms with van der Waals surface area (Å²) < 4.78 is 96.7. The van der Waals surface area contributed by atoms with E-state index in [-0.39, 0.29) is 48.4 Å². The number of hydrogen-bond acceptors (Lipinski definition) is 5. The molecule has 42 heavy (non-hydrogen) atoms. The fraction of sp³-hybridized carbons (Fsp3) is 0.345. The number of benzene rings is 3. The standard InChI is InChI=1S/C29H25ClF6N2O4/c30-24-19(31)10-21-18(22(24)23-17(26(37)39)6-7-20(25(23)32)41-28(35)36)11-29(42-21,15-4-2-1-3-5-15)13-38-16-8-14(9-16)12-40-27(33)34/h1-7,10,14,16,27-28,38H,8-9,11-13H2,(H2,37,39)/t14-,16-,29-/m1/s1. The van der Waals surface area contributed by atoms with E-state index in [1.54, 1.807) is 30.3 Å². The van der Waals surface area contributed by atoms with Gasteiger partial charge in [-0.2, -0.15) is 17.6 Å². The normalized spacial score (nSPS) is 21.3. The summed E-state index contributed by atoms with van der Waals surface area (Å²) in [5.41, 5.74) is 3.92. The second-order valence-electron chi connectivity index (χ2n) is 10.2. The Balaban J connectivity index is 1.54. The van der Waals surface area contributed by atoms with Crippen LogP contribution in [0, 0.1) is 17.6 Å². The highest BCUT2D eigenvalue weighted by molar-refractivity contribution is 6.34. The van der Waals surface area contributed by atoms with Gasteiger partial charge in [-0.3, -0.25) is 4.79 Å². The number of ether oxygens (including phenoxy) is 3. The van der Waals surface area contributed by atoms with E-state index in [1.807, 2.05) is 0 Å². The highest BCUT2D eigenvalue weighted by atomic mass is 35.5. The highest BCUT2D eigenvalue weighted by Crippen LogP contribution is 2.50. The van der Waals surface area contributed by atoms with Crippen molar-refractivity contribution in [2.75, 3.05) is 13.2 Å². The molecule has 1 fully saturated rings. The maximum atomic E-state index is 15.7. The van der Waals surface area contributed by atoms with Crippen molar-refractivity contribution in [2.24, 2.45) is 11.7 Å². The maximum Gasteiger partial charge on any atom is 0.387 e. The monoisotopic (exact) mass is 614 g/mol. The second-order valence-corrected chi connectivity index (χ2v) is 10.6. The number of primary amides is 1. The molecule has 3 aromatic rings. The van der Waals surface area contributed by atoms with Crippen molar-refractivity contribution in [1.82, 2.24) is 5.32 Å². The number of halogens is 7. The van der Waals surface area contributed by atoms with Gasteiger partial charge in [0.25, 0.3) is 0 Å². The predicted octanol–water partition coefficient (Wildman–Crippen LogP) is 6.42. The van der Waals surface area contributed by atoms with Crippen molar-refractivity contribution in [1.29, 1.82) is 0 Å². The molecule has 1 heterocycles. The van der Waals surface area contributed by atoms with Gasteiger partial charge in [0.15, 0.2) is 17.2 Å². The van der Waals surface area contributed by atoms with Gasteiger partial charge in [0.2, 0.25) is 5.91 Å². The van der Waals surface area contributed by atoms with Crippen LogP contribution in [0.25, 0.3) is 11.1 Å². The van der Waals surface area contributed by atoms with Crippen molar-refractivity contribution < 1.29 is 45.3 Å². The van der Waals surface area contributed by atoms with Crippen LogP contribution in [0.1, 0.15) is 34.3 Å². The zero-order chi connectivity index (χ0) is 30.2. The van der Waals surface area contributed by atoms with Crippen LogP contribution in [0.4, 0.5) is 26.3 Å². The lowest BCUT2D eigenvalue weighted by atomic mass is 9.79. The third-order valence-corrected chi connectivity index (χ3v) is 7.93. The molecule has 0 bridgehead atoms. The van der Waals surface area contributed by atoms with Gasteiger partial charge in [-0.25, -0.2) is 8.78 Å². The number of hydrogen-bond donors (Lipinski definition) is 2. The Morgan fingerprint density at radius 2 is 1.79 bits per heavy atom. The highest BCUT2D eigenvalue weighted by Gasteiger charge is 2.45. The third-order valence-electron chi connectivity index (χ3n) is 7.56. The number of rotatable bonds is 11. The summed E-state index contributed by atoms with van der Waals surface area (Å²) in [7, 11) is 0. The van der Waals surface area contributed by atoms with Gasteiger partial charge in [-0.15, -0.1) is 0 Å². The van der Waals surface area contributed by atoms with E-state index < -0.39 is 58.3 Å². The summed E-state index contributed by atoms with van der Waals surface area (Å²) in [6.45, 7) is -6.11. The molecular weight excluding hydrogens is 590 g/mol. The summed E-state index contributed by atoms with van der Waals surface area (Å²) >= 11 is 6.37. The van der Waals surface area contributed by atoms with E-state index in [1.165, 1.54) is 0 Å². The Morgan fingerprint density at radius 1 is 1.07 bits per heavy atom. The molecule has 5 rings (SSSR count). The van der Waals surface area contributed by atoms with E-state index in [0.717, 1.165) is 18.2 Å². The fourth-order valence-electron chi connectivity index (χ4n) is 5.55. The Hall–Kier alpha value is -3.48. The largest absolute Gasteiger partial charge is 0.480 e. The number of carbonyl (C=O) groups excluding carboxylic acids is 1. The first kappa shape index (κ1) is 30.0. The van der Waals surface area contributed by atoms with Gasteiger partial charge in [0.1, 0.15) is 11.6 Å². The molecule has 3 aromatic carbocycles. The number of fused-ring (bicyclic) bond motifs is 1. The number of alkyl halides is 4. The molecule has 1 aliphatic carbocycles. The molecule has 224 valence electrons. The van der Waals surface area contributed by atoms with Crippen LogP contribution in [0.5, 0.6) is 11.5 Å². The van der Waals surface area contributed by atoms with Crippen LogP contribution >= 0.6 is 11.6 Å². The van der Waals surface area contributed by atoms with Crippen LogP contribution in [0.3, 0.4) is 0 Å². The van der Waals surface area contributed by atoms with Crippen LogP contribution in [0.15, 0.2) is 48.5 Å². The second kappa shape index (κ2) is 12.0. The van der Waals surface area contributed by atoms with Gasteiger partial charge in [0.05, 0.1) is 17.2 Å². The molecule has 1 saturated carbocycles. The summed E-state index contributed by atoms with van der Waals surface area (Å²) in [5, 5.41) is 2.80. The van der Waals surface area contributed by atoms with E-state index >= 15 is 8.78 Å². The summed E-state index contributed by atoms with van der Waals surface area (Å²) in [6, 6.07) is 11.7. The SMILES string of the molecule is NC(=O)c1ccc(OC(F)F)c(F)c1-c1c(Cl)c(F)cc2c1C[C@@](CN[C@H]1C[C@H](COC(F)F)C1)(c1ccccc1)O2. The van der Waals surface area contributed by atoms with Crippen molar-refractivity contribution in [3.8, 4) is 22.6 Å². The Labute approximate surface area is 241 Å². The van der Waals surface area contributed by atoms with E-state index in [0.29, 0.717) is 18.4 Å². The lowest BCUT2D eigenvalue weighted by Gasteiger charge is -2.39. The molecule has 1 aliphatic heterocycles. The van der Waals surface area contributed by atoms with Crippen LogP contribution in [-0.2, 0) is 16.8 Å². The van der Waals surface area contributed by atoms with Gasteiger partial charge < -0.3 is 25.3 Å². The minimum atomic E-state index is -3.38. The third kappa shape index (κ3) is 5.88. The van der Waals surface area contributed by atoms with E-state index in [2.05, 4.69) is 14.8 Å². The Bertz CT molecular complexity index is 1470. The quantitative estimate of drug-likeness (QED) is 0.244. The average Bonchev–Trinajstić information content (AvgIpc) is 3.28. The number of nitrogens with two attached hydrogens (primary N) is 1. The zero-order valence-electron chi connectivity index (χ0n) is 21.8. The minimum Gasteiger partial charge on any atom is -0.480 e. The molecule has 0 radical (unpaired) electrons. The van der Waals surface area contributed by atoms with Crippen molar-refractivity contribution >= 4 is 17.5 Å². The van der Waals surface area contributed by atoms with Crippen LogP contribution < -0.4 is 20.5 Å². The lowest BCUT2D eigenvalue weighted by Crippen LogP contribution is -2.50. The zero-order valence-corrected chi connectivity index (χ0v) is 22.6. The molecule has 1 atom stereocenters. The molecule has 13 heteroatoms. The van der Waals surface area contributed by atoms with Gasteiger partial charge in [-0.05, 0) is 36.5 Å². The molecule has 0 aromatic heterocycles. The first-order valence-corrected chi connectivity index (χ1v) is 13.3. The molecule has 0 unspecified atom stereocenters. The Morgan fingerprint density at radius 3 is 2.43 bits per heavy atom. The molecule has 6 nitrogen and oxygen atoms in total. The number of nitrogens with one attached hydrogen (secondary N) is 1. The number of amides is 1. The minimum absolute atomic E-state index is 0.00405. The fourth-order valence-corrected chi connectivity index (χ4v) is 5.82. The van der Waals surface area contributed by atoms with Crippen molar-refractivity contribution in [3.05, 3.63) is 81.9 Å². The van der Waals surface area contributed by atoms with E-state index in [4.69, 9.17) is 22.1 Å². The molecular formula is C29H25ClF6N2O4. The molecule has 0 spiro atoms. The molecule has 0 saturated heterocycles. The molecule has 2 aliphatic rings. The summed E-state index contributed by atoms with van der Waals surface area (Å²) in [5.74, 6) is -4.40. The van der Waals surface area contributed by atoms with Gasteiger partial charge in [0, 0.05) is 41.8 Å². The topological polar surface area (TPSA) is 82.8 Å². The van der Waals surface area contributed by atoms with Gasteiger partial charge >= 0.3 is 13.2 Å². The van der Waals surface area contributed by atoms with Gasteiger partial charge in [-0.1, -0.05) is 41.9 Å². The average molecular weight is 615 g/mol. The van der Waals surface area contributed by atoms with Crippen molar-refractivity contribution in [3.63, 3.8) is 0 Å².